The highest BCUT2D eigenvalue weighted by molar-refractivity contribution is 4.96. The molecule has 0 amide bonds. The minimum absolute atomic E-state index is 0.167. The molecule has 0 spiro atoms. The predicted octanol–water partition coefficient (Wildman–Crippen LogP) is 7.85. The van der Waals surface area contributed by atoms with E-state index in [0.29, 0.717) is 24.7 Å². The van der Waals surface area contributed by atoms with Crippen LogP contribution < -0.4 is 0 Å². The van der Waals surface area contributed by atoms with Gasteiger partial charge in [0.05, 0.1) is 0 Å². The second-order valence-corrected chi connectivity index (χ2v) is 10.1. The lowest BCUT2D eigenvalue weighted by Crippen LogP contribution is -2.47. The van der Waals surface area contributed by atoms with Gasteiger partial charge in [0.15, 0.2) is 0 Å². The fourth-order valence-electron chi connectivity index (χ4n) is 6.65. The molecular formula is C24H41F3. The average Bonchev–Trinajstić information content (AvgIpc) is 2.69. The Kier molecular flexibility index (Phi) is 7.97. The van der Waals surface area contributed by atoms with E-state index < -0.39 is 24.4 Å². The summed E-state index contributed by atoms with van der Waals surface area (Å²) in [4.78, 5) is 0. The Labute approximate surface area is 165 Å². The largest absolute Gasteiger partial charge is 0.247 e. The molecule has 3 heteroatoms. The first kappa shape index (κ1) is 21.5. The molecule has 0 bridgehead atoms. The molecule has 3 aliphatic carbocycles. The Balaban J connectivity index is 1.54. The molecule has 27 heavy (non-hydrogen) atoms. The summed E-state index contributed by atoms with van der Waals surface area (Å²) >= 11 is 0. The van der Waals surface area contributed by atoms with E-state index in [1.807, 2.05) is 0 Å². The molecular weight excluding hydrogens is 345 g/mol. The molecule has 3 aliphatic rings. The van der Waals surface area contributed by atoms with Crippen molar-refractivity contribution in [2.45, 2.75) is 116 Å². The van der Waals surface area contributed by atoms with Crippen LogP contribution >= 0.6 is 0 Å². The van der Waals surface area contributed by atoms with Gasteiger partial charge in [0.25, 0.3) is 0 Å². The van der Waals surface area contributed by atoms with Crippen LogP contribution in [0.2, 0.25) is 0 Å². The zero-order valence-corrected chi connectivity index (χ0v) is 17.5. The lowest BCUT2D eigenvalue weighted by atomic mass is 9.63. The minimum Gasteiger partial charge on any atom is -0.247 e. The van der Waals surface area contributed by atoms with Crippen LogP contribution in [0.25, 0.3) is 0 Å². The van der Waals surface area contributed by atoms with Crippen LogP contribution in [0, 0.1) is 35.5 Å². The Bertz CT molecular complexity index is 433. The fraction of sp³-hybridized carbons (Fsp3) is 1.00. The zero-order valence-electron chi connectivity index (χ0n) is 17.5. The summed E-state index contributed by atoms with van der Waals surface area (Å²) in [6.07, 6.45) is 9.65. The van der Waals surface area contributed by atoms with Gasteiger partial charge in [-0.15, -0.1) is 0 Å². The molecule has 0 radical (unpaired) electrons. The summed E-state index contributed by atoms with van der Waals surface area (Å²) in [7, 11) is 0. The van der Waals surface area contributed by atoms with Crippen molar-refractivity contribution in [3.05, 3.63) is 0 Å². The minimum atomic E-state index is -1.46. The van der Waals surface area contributed by atoms with Gasteiger partial charge in [0, 0.05) is 0 Å². The van der Waals surface area contributed by atoms with Crippen molar-refractivity contribution >= 4 is 0 Å². The number of rotatable bonds is 6. The van der Waals surface area contributed by atoms with Gasteiger partial charge in [-0.05, 0) is 67.6 Å². The quantitative estimate of drug-likeness (QED) is 0.436. The van der Waals surface area contributed by atoms with E-state index in [9.17, 15) is 4.39 Å². The molecule has 0 heterocycles. The summed E-state index contributed by atoms with van der Waals surface area (Å²) < 4.78 is 45.0. The van der Waals surface area contributed by atoms with Crippen LogP contribution in [0.5, 0.6) is 0 Å². The van der Waals surface area contributed by atoms with Gasteiger partial charge in [0.1, 0.15) is 18.5 Å². The molecule has 0 saturated heterocycles. The third-order valence-corrected chi connectivity index (χ3v) is 8.43. The van der Waals surface area contributed by atoms with Crippen LogP contribution in [0.15, 0.2) is 0 Å². The second kappa shape index (κ2) is 10.0. The van der Waals surface area contributed by atoms with Crippen molar-refractivity contribution in [1.29, 1.82) is 0 Å². The van der Waals surface area contributed by atoms with E-state index >= 15 is 8.78 Å². The Hall–Kier alpha value is -0.210. The van der Waals surface area contributed by atoms with Gasteiger partial charge in [-0.2, -0.15) is 0 Å². The van der Waals surface area contributed by atoms with Crippen LogP contribution in [0.4, 0.5) is 13.2 Å². The van der Waals surface area contributed by atoms with Crippen molar-refractivity contribution < 1.29 is 13.2 Å². The molecule has 0 aromatic heterocycles. The highest BCUT2D eigenvalue weighted by atomic mass is 19.2. The first-order chi connectivity index (χ1) is 13.0. The number of alkyl halides is 3. The van der Waals surface area contributed by atoms with E-state index in [0.717, 1.165) is 38.5 Å². The van der Waals surface area contributed by atoms with Crippen LogP contribution in [-0.4, -0.2) is 18.5 Å². The predicted molar refractivity (Wildman–Crippen MR) is 107 cm³/mol. The van der Waals surface area contributed by atoms with Crippen molar-refractivity contribution in [3.8, 4) is 0 Å². The Morgan fingerprint density at radius 2 is 1.48 bits per heavy atom. The van der Waals surface area contributed by atoms with Crippen LogP contribution in [0.3, 0.4) is 0 Å². The van der Waals surface area contributed by atoms with Gasteiger partial charge in [-0.3, -0.25) is 0 Å². The number of hydrogen-bond acceptors (Lipinski definition) is 0. The van der Waals surface area contributed by atoms with E-state index in [1.54, 1.807) is 0 Å². The van der Waals surface area contributed by atoms with E-state index in [1.165, 1.54) is 32.1 Å². The van der Waals surface area contributed by atoms with Gasteiger partial charge in [-0.1, -0.05) is 65.2 Å². The zero-order chi connectivity index (χ0) is 19.4. The summed E-state index contributed by atoms with van der Waals surface area (Å²) in [6, 6.07) is 0. The molecule has 0 aromatic carbocycles. The molecule has 0 nitrogen and oxygen atoms in total. The highest BCUT2D eigenvalue weighted by Gasteiger charge is 2.48. The molecule has 8 atom stereocenters. The molecule has 0 aliphatic heterocycles. The van der Waals surface area contributed by atoms with E-state index in [4.69, 9.17) is 0 Å². The lowest BCUT2D eigenvalue weighted by Gasteiger charge is -2.45. The number of halogens is 3. The van der Waals surface area contributed by atoms with Crippen molar-refractivity contribution in [2.75, 3.05) is 0 Å². The topological polar surface area (TPSA) is 0 Å². The smallest absolute Gasteiger partial charge is 0.135 e. The summed E-state index contributed by atoms with van der Waals surface area (Å²) in [6.45, 7) is 4.22. The van der Waals surface area contributed by atoms with Gasteiger partial charge >= 0.3 is 0 Å². The maximum absolute atomic E-state index is 15.1. The standard InChI is InChI=1S/C24H41F3/c1-3-4-8-16(2)19-13-14-21(24(27)23(19)26)20-12-11-18(15-22(20)25)17-9-6-5-7-10-17/h16-24H,3-15H2,1-2H3. The third kappa shape index (κ3) is 5.04. The normalized spacial score (nSPS) is 42.8. The summed E-state index contributed by atoms with van der Waals surface area (Å²) in [5.41, 5.74) is 0. The molecule has 3 saturated carbocycles. The number of hydrogen-bond donors (Lipinski definition) is 0. The Morgan fingerprint density at radius 1 is 0.778 bits per heavy atom. The second-order valence-electron chi connectivity index (χ2n) is 10.1. The van der Waals surface area contributed by atoms with Crippen LogP contribution in [0.1, 0.15) is 97.3 Å². The van der Waals surface area contributed by atoms with Crippen molar-refractivity contribution in [2.24, 2.45) is 35.5 Å². The maximum Gasteiger partial charge on any atom is 0.135 e. The Morgan fingerprint density at radius 3 is 2.15 bits per heavy atom. The highest BCUT2D eigenvalue weighted by Crippen LogP contribution is 2.49. The van der Waals surface area contributed by atoms with Crippen LogP contribution in [-0.2, 0) is 0 Å². The summed E-state index contributed by atoms with van der Waals surface area (Å²) in [5.74, 6) is 0.605. The number of unbranched alkanes of at least 4 members (excludes halogenated alkanes) is 1. The van der Waals surface area contributed by atoms with E-state index in [2.05, 4.69) is 13.8 Å². The van der Waals surface area contributed by atoms with Gasteiger partial charge < -0.3 is 0 Å². The van der Waals surface area contributed by atoms with Crippen molar-refractivity contribution in [1.82, 2.24) is 0 Å². The van der Waals surface area contributed by atoms with E-state index in [-0.39, 0.29) is 17.8 Å². The first-order valence-electron chi connectivity index (χ1n) is 11.9. The molecule has 3 rings (SSSR count). The first-order valence-corrected chi connectivity index (χ1v) is 11.9. The van der Waals surface area contributed by atoms with Crippen molar-refractivity contribution in [3.63, 3.8) is 0 Å². The maximum atomic E-state index is 15.1. The van der Waals surface area contributed by atoms with Gasteiger partial charge in [0.2, 0.25) is 0 Å². The third-order valence-electron chi connectivity index (χ3n) is 8.43. The molecule has 3 fully saturated rings. The molecule has 0 N–H and O–H groups in total. The molecule has 8 unspecified atom stereocenters. The summed E-state index contributed by atoms with van der Waals surface area (Å²) in [5, 5.41) is 0. The molecule has 158 valence electrons. The van der Waals surface area contributed by atoms with Gasteiger partial charge in [-0.25, -0.2) is 13.2 Å². The fourth-order valence-corrected chi connectivity index (χ4v) is 6.65. The monoisotopic (exact) mass is 386 g/mol. The average molecular weight is 387 g/mol. The lowest BCUT2D eigenvalue weighted by molar-refractivity contribution is -0.0516. The molecule has 0 aromatic rings. The SMILES string of the molecule is CCCCC(C)C1CCC(C2CCC(C3CCCCC3)CC2F)C(F)C1F.